The van der Waals surface area contributed by atoms with Gasteiger partial charge in [-0.25, -0.2) is 13.8 Å². The summed E-state index contributed by atoms with van der Waals surface area (Å²) in [6, 6.07) is 11.4. The number of aryl methyl sites for hydroxylation is 1. The zero-order valence-corrected chi connectivity index (χ0v) is 16.7. The lowest BCUT2D eigenvalue weighted by molar-refractivity contribution is -0.119. The number of ether oxygens (including phenoxy) is 1. The van der Waals surface area contributed by atoms with Gasteiger partial charge >= 0.3 is 0 Å². The van der Waals surface area contributed by atoms with Crippen molar-refractivity contribution in [2.75, 3.05) is 23.7 Å². The SMILES string of the molecule is CCOc1cc(/C=N\NC(=O)CN(c2ccc(C)cc2)S(C)(=O)=O)ccc1O. The molecule has 0 aliphatic carbocycles. The van der Waals surface area contributed by atoms with Gasteiger partial charge in [-0.05, 0) is 49.7 Å². The van der Waals surface area contributed by atoms with E-state index in [0.29, 0.717) is 23.6 Å². The minimum Gasteiger partial charge on any atom is -0.504 e. The summed E-state index contributed by atoms with van der Waals surface area (Å²) in [4.78, 5) is 12.2. The first-order valence-corrected chi connectivity index (χ1v) is 10.4. The maximum atomic E-state index is 12.2. The van der Waals surface area contributed by atoms with Crippen LogP contribution in [-0.2, 0) is 14.8 Å². The van der Waals surface area contributed by atoms with Crippen molar-refractivity contribution >= 4 is 27.8 Å². The number of aromatic hydroxyl groups is 1. The highest BCUT2D eigenvalue weighted by Crippen LogP contribution is 2.26. The topological polar surface area (TPSA) is 108 Å². The quantitative estimate of drug-likeness (QED) is 0.516. The molecule has 2 N–H and O–H groups in total. The van der Waals surface area contributed by atoms with Crippen LogP contribution in [0.5, 0.6) is 11.5 Å². The standard InChI is InChI=1S/C19H23N3O5S/c1-4-27-18-11-15(7-10-17(18)23)12-20-21-19(24)13-22(28(3,25)26)16-8-5-14(2)6-9-16/h5-12,23H,4,13H2,1-3H3,(H,21,24)/b20-12-. The predicted octanol–water partition coefficient (Wildman–Crippen LogP) is 2.02. The van der Waals surface area contributed by atoms with Gasteiger partial charge < -0.3 is 9.84 Å². The Labute approximate surface area is 164 Å². The predicted molar refractivity (Wildman–Crippen MR) is 108 cm³/mol. The largest absolute Gasteiger partial charge is 0.504 e. The number of hydrogen-bond acceptors (Lipinski definition) is 6. The molecule has 150 valence electrons. The van der Waals surface area contributed by atoms with Crippen LogP contribution in [-0.4, -0.2) is 45.1 Å². The monoisotopic (exact) mass is 405 g/mol. The summed E-state index contributed by atoms with van der Waals surface area (Å²) < 4.78 is 30.4. The van der Waals surface area contributed by atoms with Gasteiger partial charge in [-0.1, -0.05) is 17.7 Å². The highest BCUT2D eigenvalue weighted by atomic mass is 32.2. The molecule has 1 amide bonds. The fourth-order valence-electron chi connectivity index (χ4n) is 2.34. The Bertz CT molecular complexity index is 956. The lowest BCUT2D eigenvalue weighted by Gasteiger charge is -2.21. The molecule has 0 atom stereocenters. The van der Waals surface area contributed by atoms with Crippen LogP contribution in [0.3, 0.4) is 0 Å². The van der Waals surface area contributed by atoms with Crippen molar-refractivity contribution in [3.05, 3.63) is 53.6 Å². The molecule has 0 radical (unpaired) electrons. The highest BCUT2D eigenvalue weighted by Gasteiger charge is 2.20. The van der Waals surface area contributed by atoms with E-state index in [1.807, 2.05) is 6.92 Å². The number of phenols is 1. The molecule has 0 unspecified atom stereocenters. The molecule has 2 aromatic rings. The van der Waals surface area contributed by atoms with Crippen molar-refractivity contribution in [1.82, 2.24) is 5.43 Å². The number of hydrazone groups is 1. The Kier molecular flexibility index (Phi) is 7.00. The number of hydrogen-bond donors (Lipinski definition) is 2. The first kappa shape index (κ1) is 21.2. The van der Waals surface area contributed by atoms with E-state index in [2.05, 4.69) is 10.5 Å². The molecule has 0 saturated heterocycles. The molecule has 9 heteroatoms. The van der Waals surface area contributed by atoms with E-state index < -0.39 is 22.5 Å². The minimum absolute atomic E-state index is 0.00456. The molecule has 0 aliphatic rings. The normalized spacial score (nSPS) is 11.4. The van der Waals surface area contributed by atoms with Crippen LogP contribution in [0.25, 0.3) is 0 Å². The molecule has 0 fully saturated rings. The van der Waals surface area contributed by atoms with Gasteiger partial charge in [0, 0.05) is 0 Å². The van der Waals surface area contributed by atoms with E-state index in [1.54, 1.807) is 43.3 Å². The number of nitrogens with zero attached hydrogens (tertiary/aromatic N) is 2. The number of rotatable bonds is 8. The lowest BCUT2D eigenvalue weighted by Crippen LogP contribution is -2.39. The third-order valence-corrected chi connectivity index (χ3v) is 4.84. The summed E-state index contributed by atoms with van der Waals surface area (Å²) >= 11 is 0. The number of benzene rings is 2. The maximum Gasteiger partial charge on any atom is 0.260 e. The number of carbonyl (C=O) groups is 1. The Morgan fingerprint density at radius 3 is 2.54 bits per heavy atom. The first-order valence-electron chi connectivity index (χ1n) is 8.53. The van der Waals surface area contributed by atoms with Gasteiger partial charge in [0.05, 0.1) is 24.8 Å². The molecule has 2 aromatic carbocycles. The molecule has 28 heavy (non-hydrogen) atoms. The van der Waals surface area contributed by atoms with Crippen molar-refractivity contribution < 1.29 is 23.1 Å². The van der Waals surface area contributed by atoms with Crippen molar-refractivity contribution in [2.24, 2.45) is 5.10 Å². The van der Waals surface area contributed by atoms with Crippen LogP contribution in [0.1, 0.15) is 18.1 Å². The number of anilines is 1. The molecule has 2 rings (SSSR count). The third-order valence-electron chi connectivity index (χ3n) is 3.70. The van der Waals surface area contributed by atoms with Crippen molar-refractivity contribution in [2.45, 2.75) is 13.8 Å². The van der Waals surface area contributed by atoms with Crippen molar-refractivity contribution in [3.8, 4) is 11.5 Å². The van der Waals surface area contributed by atoms with E-state index in [9.17, 15) is 18.3 Å². The Balaban J connectivity index is 2.06. The van der Waals surface area contributed by atoms with E-state index in [-0.39, 0.29) is 5.75 Å². The Morgan fingerprint density at radius 1 is 1.25 bits per heavy atom. The van der Waals surface area contributed by atoms with Gasteiger partial charge in [0.15, 0.2) is 11.5 Å². The fourth-order valence-corrected chi connectivity index (χ4v) is 3.19. The summed E-state index contributed by atoms with van der Waals surface area (Å²) in [6.45, 7) is 3.67. The number of amides is 1. The minimum atomic E-state index is -3.64. The van der Waals surface area contributed by atoms with Crippen LogP contribution >= 0.6 is 0 Å². The van der Waals surface area contributed by atoms with Crippen LogP contribution < -0.4 is 14.5 Å². The van der Waals surface area contributed by atoms with Crippen LogP contribution in [0.2, 0.25) is 0 Å². The number of nitrogens with one attached hydrogen (secondary N) is 1. The molecule has 0 aromatic heterocycles. The van der Waals surface area contributed by atoms with Gasteiger partial charge in [0.25, 0.3) is 5.91 Å². The molecule has 8 nitrogen and oxygen atoms in total. The van der Waals surface area contributed by atoms with E-state index in [4.69, 9.17) is 4.74 Å². The van der Waals surface area contributed by atoms with Crippen LogP contribution in [0, 0.1) is 6.92 Å². The molecular formula is C19H23N3O5S. The van der Waals surface area contributed by atoms with E-state index >= 15 is 0 Å². The number of sulfonamides is 1. The van der Waals surface area contributed by atoms with Crippen LogP contribution in [0.15, 0.2) is 47.6 Å². The summed E-state index contributed by atoms with van der Waals surface area (Å²) in [5, 5.41) is 13.5. The lowest BCUT2D eigenvalue weighted by atomic mass is 10.2. The van der Waals surface area contributed by atoms with Gasteiger partial charge in [0.1, 0.15) is 6.54 Å². The highest BCUT2D eigenvalue weighted by molar-refractivity contribution is 7.92. The summed E-state index contributed by atoms with van der Waals surface area (Å²) in [7, 11) is -3.64. The number of phenolic OH excluding ortho intramolecular Hbond substituents is 1. The second-order valence-electron chi connectivity index (χ2n) is 6.06. The second kappa shape index (κ2) is 9.23. The number of carbonyl (C=O) groups excluding carboxylic acids is 1. The Morgan fingerprint density at radius 2 is 1.93 bits per heavy atom. The van der Waals surface area contributed by atoms with E-state index in [1.165, 1.54) is 12.3 Å². The average Bonchev–Trinajstić information content (AvgIpc) is 2.62. The average molecular weight is 405 g/mol. The first-order chi connectivity index (χ1) is 13.2. The molecule has 0 bridgehead atoms. The smallest absolute Gasteiger partial charge is 0.260 e. The van der Waals surface area contributed by atoms with Gasteiger partial charge in [0.2, 0.25) is 10.0 Å². The molecule has 0 aliphatic heterocycles. The second-order valence-corrected chi connectivity index (χ2v) is 7.97. The summed E-state index contributed by atoms with van der Waals surface area (Å²) in [6.07, 6.45) is 2.41. The van der Waals surface area contributed by atoms with Gasteiger partial charge in [-0.15, -0.1) is 0 Å². The molecule has 0 spiro atoms. The molecule has 0 heterocycles. The van der Waals surface area contributed by atoms with Gasteiger partial charge in [-0.3, -0.25) is 9.10 Å². The third kappa shape index (κ3) is 5.98. The van der Waals surface area contributed by atoms with Crippen molar-refractivity contribution in [3.63, 3.8) is 0 Å². The van der Waals surface area contributed by atoms with E-state index in [0.717, 1.165) is 16.1 Å². The summed E-state index contributed by atoms with van der Waals surface area (Å²) in [5.74, 6) is -0.281. The Hall–Kier alpha value is -3.07. The van der Waals surface area contributed by atoms with Crippen molar-refractivity contribution in [1.29, 1.82) is 0 Å². The zero-order valence-electron chi connectivity index (χ0n) is 15.9. The fraction of sp³-hybridized carbons (Fsp3) is 0.263. The van der Waals surface area contributed by atoms with Gasteiger partial charge in [-0.2, -0.15) is 5.10 Å². The summed E-state index contributed by atoms with van der Waals surface area (Å²) in [5.41, 5.74) is 4.27. The molecular weight excluding hydrogens is 382 g/mol. The molecule has 0 saturated carbocycles. The van der Waals surface area contributed by atoms with Crippen LogP contribution in [0.4, 0.5) is 5.69 Å². The maximum absolute atomic E-state index is 12.2. The zero-order chi connectivity index (χ0) is 20.7.